The summed E-state index contributed by atoms with van der Waals surface area (Å²) in [6.07, 6.45) is 0. The molecule has 1 heterocycles. The summed E-state index contributed by atoms with van der Waals surface area (Å²) in [5, 5.41) is 12.9. The summed E-state index contributed by atoms with van der Waals surface area (Å²) >= 11 is 3.12. The first kappa shape index (κ1) is 10.7. The number of phenols is 1. The summed E-state index contributed by atoms with van der Waals surface area (Å²) < 4.78 is 13.5. The quantitative estimate of drug-likeness (QED) is 0.819. The van der Waals surface area contributed by atoms with Gasteiger partial charge in [-0.25, -0.2) is 4.39 Å². The summed E-state index contributed by atoms with van der Waals surface area (Å²) in [5.41, 5.74) is 0.685. The number of rotatable bonds is 1. The van der Waals surface area contributed by atoms with Gasteiger partial charge in [-0.2, -0.15) is 0 Å². The molecule has 2 rings (SSSR count). The predicted molar refractivity (Wildman–Crippen MR) is 60.8 cm³/mol. The minimum atomic E-state index is -0.439. The van der Waals surface area contributed by atoms with Gasteiger partial charge in [0.25, 0.3) is 0 Å². The maximum absolute atomic E-state index is 13.1. The van der Waals surface area contributed by atoms with E-state index < -0.39 is 5.82 Å². The van der Waals surface area contributed by atoms with Gasteiger partial charge in [-0.3, -0.25) is 0 Å². The standard InChI is InChI=1S/C10H12BrFN2O/c11-7-5-9(10(15)6-8(7)12)14-3-1-13-2-4-14/h5-6,13,15H,1-4H2. The molecule has 0 radical (unpaired) electrons. The minimum Gasteiger partial charge on any atom is -0.506 e. The molecule has 1 saturated heterocycles. The van der Waals surface area contributed by atoms with Gasteiger partial charge in [0, 0.05) is 32.2 Å². The van der Waals surface area contributed by atoms with Crippen LogP contribution in [-0.4, -0.2) is 31.3 Å². The van der Waals surface area contributed by atoms with Gasteiger partial charge in [-0.05, 0) is 22.0 Å². The molecule has 82 valence electrons. The van der Waals surface area contributed by atoms with Crippen LogP contribution in [0.2, 0.25) is 0 Å². The Bertz CT molecular complexity index is 367. The maximum atomic E-state index is 13.1. The zero-order valence-corrected chi connectivity index (χ0v) is 9.72. The van der Waals surface area contributed by atoms with Crippen LogP contribution in [-0.2, 0) is 0 Å². The zero-order valence-electron chi connectivity index (χ0n) is 8.13. The van der Waals surface area contributed by atoms with Crippen molar-refractivity contribution in [1.82, 2.24) is 5.32 Å². The van der Waals surface area contributed by atoms with Gasteiger partial charge in [0.15, 0.2) is 0 Å². The van der Waals surface area contributed by atoms with Crippen LogP contribution in [0.3, 0.4) is 0 Å². The molecular weight excluding hydrogens is 263 g/mol. The number of anilines is 1. The number of nitrogens with one attached hydrogen (secondary N) is 1. The second-order valence-corrected chi connectivity index (χ2v) is 4.35. The number of phenolic OH excluding ortho intramolecular Hbond substituents is 1. The van der Waals surface area contributed by atoms with Crippen LogP contribution in [0.15, 0.2) is 16.6 Å². The van der Waals surface area contributed by atoms with Gasteiger partial charge in [0.1, 0.15) is 11.6 Å². The van der Waals surface area contributed by atoms with Crippen molar-refractivity contribution in [2.24, 2.45) is 0 Å². The van der Waals surface area contributed by atoms with Crippen molar-refractivity contribution < 1.29 is 9.50 Å². The van der Waals surface area contributed by atoms with Crippen LogP contribution in [0, 0.1) is 5.82 Å². The predicted octanol–water partition coefficient (Wildman–Crippen LogP) is 1.70. The lowest BCUT2D eigenvalue weighted by Crippen LogP contribution is -2.43. The Morgan fingerprint density at radius 1 is 1.33 bits per heavy atom. The number of hydrogen-bond donors (Lipinski definition) is 2. The molecule has 1 aliphatic heterocycles. The molecule has 0 spiro atoms. The maximum Gasteiger partial charge on any atom is 0.141 e. The number of hydrogen-bond acceptors (Lipinski definition) is 3. The minimum absolute atomic E-state index is 0.00222. The van der Waals surface area contributed by atoms with Crippen LogP contribution in [0.25, 0.3) is 0 Å². The van der Waals surface area contributed by atoms with Crippen LogP contribution >= 0.6 is 15.9 Å². The van der Waals surface area contributed by atoms with Gasteiger partial charge in [-0.1, -0.05) is 0 Å². The van der Waals surface area contributed by atoms with E-state index in [0.717, 1.165) is 32.2 Å². The molecule has 0 atom stereocenters. The Morgan fingerprint density at radius 3 is 2.67 bits per heavy atom. The average molecular weight is 275 g/mol. The van der Waals surface area contributed by atoms with Crippen molar-refractivity contribution in [1.29, 1.82) is 0 Å². The summed E-state index contributed by atoms with van der Waals surface area (Å²) in [6, 6.07) is 2.76. The first-order valence-corrected chi connectivity index (χ1v) is 5.61. The molecule has 1 aromatic rings. The molecule has 1 aliphatic rings. The fourth-order valence-corrected chi connectivity index (χ4v) is 2.02. The number of benzene rings is 1. The highest BCUT2D eigenvalue weighted by Crippen LogP contribution is 2.32. The molecular formula is C10H12BrFN2O. The van der Waals surface area contributed by atoms with Crippen LogP contribution < -0.4 is 10.2 Å². The molecule has 0 amide bonds. The van der Waals surface area contributed by atoms with E-state index in [0.29, 0.717) is 10.2 Å². The Labute approximate surface area is 96.0 Å². The molecule has 0 aliphatic carbocycles. The molecule has 0 bridgehead atoms. The second-order valence-electron chi connectivity index (χ2n) is 3.49. The van der Waals surface area contributed by atoms with E-state index in [1.54, 1.807) is 6.07 Å². The Hall–Kier alpha value is -0.810. The molecule has 0 unspecified atom stereocenters. The van der Waals surface area contributed by atoms with E-state index in [4.69, 9.17) is 0 Å². The largest absolute Gasteiger partial charge is 0.506 e. The van der Waals surface area contributed by atoms with Crippen molar-refractivity contribution in [2.45, 2.75) is 0 Å². The highest BCUT2D eigenvalue weighted by Gasteiger charge is 2.16. The van der Waals surface area contributed by atoms with E-state index >= 15 is 0 Å². The normalized spacial score (nSPS) is 16.8. The Kier molecular flexibility index (Phi) is 3.11. The van der Waals surface area contributed by atoms with Gasteiger partial charge >= 0.3 is 0 Å². The lowest BCUT2D eigenvalue weighted by Gasteiger charge is -2.30. The third-order valence-corrected chi connectivity index (χ3v) is 3.08. The van der Waals surface area contributed by atoms with Crippen molar-refractivity contribution in [3.63, 3.8) is 0 Å². The van der Waals surface area contributed by atoms with E-state index in [1.807, 2.05) is 4.90 Å². The fraction of sp³-hybridized carbons (Fsp3) is 0.400. The summed E-state index contributed by atoms with van der Waals surface area (Å²) in [7, 11) is 0. The van der Waals surface area contributed by atoms with Crippen molar-refractivity contribution in [3.05, 3.63) is 22.4 Å². The smallest absolute Gasteiger partial charge is 0.141 e. The average Bonchev–Trinajstić information content (AvgIpc) is 2.25. The van der Waals surface area contributed by atoms with Gasteiger partial charge in [-0.15, -0.1) is 0 Å². The summed E-state index contributed by atoms with van der Waals surface area (Å²) in [5.74, 6) is -0.441. The van der Waals surface area contributed by atoms with E-state index in [2.05, 4.69) is 21.2 Å². The third-order valence-electron chi connectivity index (χ3n) is 2.48. The molecule has 15 heavy (non-hydrogen) atoms. The number of nitrogens with zero attached hydrogens (tertiary/aromatic N) is 1. The number of halogens is 2. The second kappa shape index (κ2) is 4.37. The Balaban J connectivity index is 2.30. The molecule has 2 N–H and O–H groups in total. The monoisotopic (exact) mass is 274 g/mol. The zero-order chi connectivity index (χ0) is 10.8. The Morgan fingerprint density at radius 2 is 2.00 bits per heavy atom. The third kappa shape index (κ3) is 2.23. The molecule has 0 saturated carbocycles. The molecule has 1 fully saturated rings. The molecule has 3 nitrogen and oxygen atoms in total. The van der Waals surface area contributed by atoms with Gasteiger partial charge in [0.2, 0.25) is 0 Å². The summed E-state index contributed by atoms with van der Waals surface area (Å²) in [6.45, 7) is 3.42. The molecule has 1 aromatic carbocycles. The highest BCUT2D eigenvalue weighted by atomic mass is 79.9. The number of aromatic hydroxyl groups is 1. The SMILES string of the molecule is Oc1cc(F)c(Br)cc1N1CCNCC1. The summed E-state index contributed by atoms with van der Waals surface area (Å²) in [4.78, 5) is 2.04. The topological polar surface area (TPSA) is 35.5 Å². The van der Waals surface area contributed by atoms with Crippen LogP contribution in [0.5, 0.6) is 5.75 Å². The lowest BCUT2D eigenvalue weighted by molar-refractivity contribution is 0.464. The highest BCUT2D eigenvalue weighted by molar-refractivity contribution is 9.10. The van der Waals surface area contributed by atoms with E-state index in [1.165, 1.54) is 0 Å². The van der Waals surface area contributed by atoms with E-state index in [-0.39, 0.29) is 5.75 Å². The van der Waals surface area contributed by atoms with E-state index in [9.17, 15) is 9.50 Å². The van der Waals surface area contributed by atoms with Crippen LogP contribution in [0.4, 0.5) is 10.1 Å². The van der Waals surface area contributed by atoms with Gasteiger partial charge < -0.3 is 15.3 Å². The first-order chi connectivity index (χ1) is 7.18. The number of piperazine rings is 1. The lowest BCUT2D eigenvalue weighted by atomic mass is 10.2. The van der Waals surface area contributed by atoms with Crippen molar-refractivity contribution >= 4 is 21.6 Å². The van der Waals surface area contributed by atoms with Gasteiger partial charge in [0.05, 0.1) is 10.2 Å². The molecule has 5 heteroatoms. The molecule has 0 aromatic heterocycles. The van der Waals surface area contributed by atoms with Crippen molar-refractivity contribution in [2.75, 3.05) is 31.1 Å². The van der Waals surface area contributed by atoms with Crippen molar-refractivity contribution in [3.8, 4) is 5.75 Å². The fourth-order valence-electron chi connectivity index (χ4n) is 1.68. The van der Waals surface area contributed by atoms with Crippen LogP contribution in [0.1, 0.15) is 0 Å². The first-order valence-electron chi connectivity index (χ1n) is 4.82.